The number of carbonyl (C=O) groups excluding carboxylic acids is 3. The molecule has 0 bridgehead atoms. The van der Waals surface area contributed by atoms with Gasteiger partial charge >= 0.3 is 0 Å². The average Bonchev–Trinajstić information content (AvgIpc) is 3.39. The van der Waals surface area contributed by atoms with Gasteiger partial charge in [-0.25, -0.2) is 0 Å². The zero-order valence-corrected chi connectivity index (χ0v) is 12.4. The van der Waals surface area contributed by atoms with Crippen LogP contribution in [0.5, 0.6) is 0 Å². The molecule has 2 N–H and O–H groups in total. The fraction of sp³-hybridized carbons (Fsp3) is 0.471. The van der Waals surface area contributed by atoms with E-state index < -0.39 is 17.3 Å². The Balaban J connectivity index is 1.62. The van der Waals surface area contributed by atoms with Crippen LogP contribution < -0.4 is 10.6 Å². The summed E-state index contributed by atoms with van der Waals surface area (Å²) in [6, 6.07) is 6.99. The molecule has 0 aromatic heterocycles. The van der Waals surface area contributed by atoms with Crippen LogP contribution in [0.15, 0.2) is 24.3 Å². The van der Waals surface area contributed by atoms with E-state index in [2.05, 4.69) is 10.6 Å². The first-order valence-corrected chi connectivity index (χ1v) is 7.76. The number of hydrogen-bond acceptors (Lipinski definition) is 3. The van der Waals surface area contributed by atoms with Gasteiger partial charge in [0, 0.05) is 12.1 Å². The minimum absolute atomic E-state index is 0.113. The highest BCUT2D eigenvalue weighted by molar-refractivity contribution is 6.19. The highest BCUT2D eigenvalue weighted by Crippen LogP contribution is 2.62. The predicted octanol–water partition coefficient (Wildman–Crippen LogP) is 1.60. The van der Waals surface area contributed by atoms with Crippen molar-refractivity contribution < 1.29 is 14.4 Å². The maximum Gasteiger partial charge on any atom is 0.229 e. The second kappa shape index (κ2) is 4.41. The fourth-order valence-corrected chi connectivity index (χ4v) is 3.61. The van der Waals surface area contributed by atoms with Crippen molar-refractivity contribution in [2.75, 3.05) is 11.9 Å². The van der Waals surface area contributed by atoms with Crippen LogP contribution in [0, 0.1) is 23.2 Å². The molecule has 0 unspecified atom stereocenters. The van der Waals surface area contributed by atoms with E-state index in [9.17, 15) is 14.4 Å². The van der Waals surface area contributed by atoms with Gasteiger partial charge in [0.25, 0.3) is 0 Å². The third-order valence-electron chi connectivity index (χ3n) is 5.26. The van der Waals surface area contributed by atoms with E-state index in [0.29, 0.717) is 23.7 Å². The first kappa shape index (κ1) is 13.5. The highest BCUT2D eigenvalue weighted by atomic mass is 16.2. The van der Waals surface area contributed by atoms with Crippen LogP contribution in [0.4, 0.5) is 5.69 Å². The first-order valence-electron chi connectivity index (χ1n) is 7.76. The quantitative estimate of drug-likeness (QED) is 0.890. The molecule has 1 aromatic rings. The van der Waals surface area contributed by atoms with Crippen molar-refractivity contribution in [2.45, 2.75) is 19.8 Å². The van der Waals surface area contributed by atoms with E-state index in [1.165, 1.54) is 0 Å². The Bertz CT molecular complexity index is 695. The summed E-state index contributed by atoms with van der Waals surface area (Å²) in [4.78, 5) is 37.6. The number of nitrogens with one attached hydrogen (secondary N) is 2. The molecule has 0 spiro atoms. The van der Waals surface area contributed by atoms with Gasteiger partial charge in [0.1, 0.15) is 0 Å². The van der Waals surface area contributed by atoms with Gasteiger partial charge in [0.15, 0.2) is 5.78 Å². The van der Waals surface area contributed by atoms with Gasteiger partial charge in [0.2, 0.25) is 11.8 Å². The number of benzene rings is 1. The Morgan fingerprint density at radius 2 is 2.05 bits per heavy atom. The molecule has 3 aliphatic rings. The van der Waals surface area contributed by atoms with Gasteiger partial charge < -0.3 is 10.6 Å². The topological polar surface area (TPSA) is 75.3 Å². The molecule has 1 aliphatic heterocycles. The summed E-state index contributed by atoms with van der Waals surface area (Å²) in [5, 5.41) is 5.69. The lowest BCUT2D eigenvalue weighted by molar-refractivity contribution is -0.125. The SMILES string of the molecule is C[C@]12C(=O)c3ccccc3NC(=O)[C@@H]1[C@H]2C(=O)NCC1CC1. The van der Waals surface area contributed by atoms with Crippen LogP contribution in [0.1, 0.15) is 30.1 Å². The molecule has 1 aromatic carbocycles. The molecule has 2 fully saturated rings. The van der Waals surface area contributed by atoms with Crippen molar-refractivity contribution in [3.63, 3.8) is 0 Å². The van der Waals surface area contributed by atoms with Crippen molar-refractivity contribution in [3.8, 4) is 0 Å². The molecule has 5 nitrogen and oxygen atoms in total. The summed E-state index contributed by atoms with van der Waals surface area (Å²) in [5.41, 5.74) is 0.131. The Morgan fingerprint density at radius 3 is 2.77 bits per heavy atom. The summed E-state index contributed by atoms with van der Waals surface area (Å²) < 4.78 is 0. The van der Waals surface area contributed by atoms with Crippen LogP contribution in [0.3, 0.4) is 0 Å². The van der Waals surface area contributed by atoms with Crippen molar-refractivity contribution in [2.24, 2.45) is 23.2 Å². The van der Waals surface area contributed by atoms with Crippen LogP contribution in [0.2, 0.25) is 0 Å². The van der Waals surface area contributed by atoms with E-state index in [-0.39, 0.29) is 17.6 Å². The van der Waals surface area contributed by atoms with E-state index in [1.54, 1.807) is 31.2 Å². The Labute approximate surface area is 128 Å². The lowest BCUT2D eigenvalue weighted by Gasteiger charge is -2.12. The molecule has 0 radical (unpaired) electrons. The number of amides is 2. The Kier molecular flexibility index (Phi) is 2.71. The van der Waals surface area contributed by atoms with Gasteiger partial charge in [-0.2, -0.15) is 0 Å². The van der Waals surface area contributed by atoms with Gasteiger partial charge in [-0.05, 0) is 30.9 Å². The number of para-hydroxylation sites is 1. The summed E-state index contributed by atoms with van der Waals surface area (Å²) >= 11 is 0. The third-order valence-corrected chi connectivity index (χ3v) is 5.26. The number of Topliss-reactive ketones (excluding diaryl/α,β-unsaturated/α-hetero) is 1. The van der Waals surface area contributed by atoms with E-state index in [0.717, 1.165) is 12.8 Å². The lowest BCUT2D eigenvalue weighted by Crippen LogP contribution is -2.31. The van der Waals surface area contributed by atoms with Crippen LogP contribution in [0.25, 0.3) is 0 Å². The minimum Gasteiger partial charge on any atom is -0.356 e. The second-order valence-electron chi connectivity index (χ2n) is 6.79. The van der Waals surface area contributed by atoms with Crippen LogP contribution >= 0.6 is 0 Å². The molecule has 0 saturated heterocycles. The molecule has 2 amide bonds. The molecular weight excluding hydrogens is 280 g/mol. The van der Waals surface area contributed by atoms with Crippen molar-refractivity contribution >= 4 is 23.3 Å². The first-order chi connectivity index (χ1) is 10.5. The Morgan fingerprint density at radius 1 is 1.32 bits per heavy atom. The number of fused-ring (bicyclic) bond motifs is 2. The van der Waals surface area contributed by atoms with E-state index in [1.807, 2.05) is 0 Å². The number of hydrogen-bond donors (Lipinski definition) is 2. The zero-order valence-electron chi connectivity index (χ0n) is 12.4. The molecule has 1 heterocycles. The van der Waals surface area contributed by atoms with Crippen molar-refractivity contribution in [1.29, 1.82) is 0 Å². The molecule has 3 atom stereocenters. The second-order valence-corrected chi connectivity index (χ2v) is 6.79. The van der Waals surface area contributed by atoms with Gasteiger partial charge in [-0.3, -0.25) is 14.4 Å². The lowest BCUT2D eigenvalue weighted by atomic mass is 9.92. The molecule has 2 saturated carbocycles. The highest BCUT2D eigenvalue weighted by Gasteiger charge is 2.73. The normalized spacial score (nSPS) is 32.4. The smallest absolute Gasteiger partial charge is 0.229 e. The van der Waals surface area contributed by atoms with E-state index in [4.69, 9.17) is 0 Å². The van der Waals surface area contributed by atoms with Gasteiger partial charge in [-0.1, -0.05) is 19.1 Å². The maximum absolute atomic E-state index is 12.8. The van der Waals surface area contributed by atoms with Crippen LogP contribution in [-0.4, -0.2) is 24.1 Å². The number of carbonyl (C=O) groups is 3. The Hall–Kier alpha value is -2.17. The molecule has 4 rings (SSSR count). The maximum atomic E-state index is 12.8. The van der Waals surface area contributed by atoms with E-state index >= 15 is 0 Å². The number of anilines is 1. The fourth-order valence-electron chi connectivity index (χ4n) is 3.61. The van der Waals surface area contributed by atoms with Crippen molar-refractivity contribution in [3.05, 3.63) is 29.8 Å². The molecule has 114 valence electrons. The summed E-state index contributed by atoms with van der Waals surface area (Å²) in [5.74, 6) is -1.04. The standard InChI is InChI=1S/C17H18N2O3/c1-17-12(15(21)18-8-9-6-7-9)13(17)16(22)19-11-5-3-2-4-10(11)14(17)20/h2-5,9,12-13H,6-8H2,1H3,(H,18,21)(H,19,22)/t12-,13-,17+/m0/s1. The van der Waals surface area contributed by atoms with Crippen molar-refractivity contribution in [1.82, 2.24) is 5.32 Å². The third kappa shape index (κ3) is 1.81. The summed E-state index contributed by atoms with van der Waals surface area (Å²) in [6.07, 6.45) is 2.30. The summed E-state index contributed by atoms with van der Waals surface area (Å²) in [7, 11) is 0. The average molecular weight is 298 g/mol. The molecule has 2 aliphatic carbocycles. The molecule has 22 heavy (non-hydrogen) atoms. The van der Waals surface area contributed by atoms with Crippen LogP contribution in [-0.2, 0) is 9.59 Å². The largest absolute Gasteiger partial charge is 0.356 e. The molecule has 5 heteroatoms. The molecular formula is C17H18N2O3. The zero-order chi connectivity index (χ0) is 15.5. The van der Waals surface area contributed by atoms with Gasteiger partial charge in [0.05, 0.1) is 22.9 Å². The minimum atomic E-state index is -0.912. The van der Waals surface area contributed by atoms with Gasteiger partial charge in [-0.15, -0.1) is 0 Å². The number of ketones is 1. The summed E-state index contributed by atoms with van der Waals surface area (Å²) in [6.45, 7) is 2.40. The monoisotopic (exact) mass is 298 g/mol. The number of rotatable bonds is 3. The predicted molar refractivity (Wildman–Crippen MR) is 80.2 cm³/mol.